The van der Waals surface area contributed by atoms with Gasteiger partial charge in [0.25, 0.3) is 5.91 Å². The Kier molecular flexibility index (Phi) is 3.24. The smallest absolute Gasteiger partial charge is 0.287 e. The first-order valence-corrected chi connectivity index (χ1v) is 3.90. The van der Waals surface area contributed by atoms with E-state index in [4.69, 9.17) is 15.3 Å². The second kappa shape index (κ2) is 4.43. The van der Waals surface area contributed by atoms with Gasteiger partial charge in [-0.3, -0.25) is 9.59 Å². The SMILES string of the molecule is NC(=O)C(O)CNC(=O)c1ccco1. The van der Waals surface area contributed by atoms with Crippen molar-refractivity contribution in [2.24, 2.45) is 5.73 Å². The van der Waals surface area contributed by atoms with Crippen molar-refractivity contribution < 1.29 is 19.1 Å². The second-order valence-electron chi connectivity index (χ2n) is 2.61. The molecule has 76 valence electrons. The molecule has 1 atom stereocenters. The summed E-state index contributed by atoms with van der Waals surface area (Å²) in [4.78, 5) is 21.6. The second-order valence-corrected chi connectivity index (χ2v) is 2.61. The topological polar surface area (TPSA) is 106 Å². The van der Waals surface area contributed by atoms with Crippen LogP contribution < -0.4 is 11.1 Å². The summed E-state index contributed by atoms with van der Waals surface area (Å²) in [6.07, 6.45) is -0.0340. The third-order valence-corrected chi connectivity index (χ3v) is 1.53. The number of amides is 2. The van der Waals surface area contributed by atoms with Gasteiger partial charge < -0.3 is 20.6 Å². The van der Waals surface area contributed by atoms with Crippen molar-refractivity contribution in [2.45, 2.75) is 6.10 Å². The number of primary amides is 1. The van der Waals surface area contributed by atoms with Crippen LogP contribution >= 0.6 is 0 Å². The maximum Gasteiger partial charge on any atom is 0.287 e. The van der Waals surface area contributed by atoms with E-state index in [9.17, 15) is 9.59 Å². The molecule has 1 heterocycles. The molecule has 0 aromatic carbocycles. The van der Waals surface area contributed by atoms with E-state index in [2.05, 4.69) is 5.32 Å². The molecule has 1 aromatic heterocycles. The van der Waals surface area contributed by atoms with Gasteiger partial charge in [-0.25, -0.2) is 0 Å². The lowest BCUT2D eigenvalue weighted by Crippen LogP contribution is -2.39. The van der Waals surface area contributed by atoms with Gasteiger partial charge in [-0.1, -0.05) is 0 Å². The van der Waals surface area contributed by atoms with Crippen LogP contribution in [0.2, 0.25) is 0 Å². The van der Waals surface area contributed by atoms with Crippen LogP contribution in [0, 0.1) is 0 Å². The Morgan fingerprint density at radius 3 is 2.86 bits per heavy atom. The molecule has 0 aliphatic heterocycles. The van der Waals surface area contributed by atoms with Gasteiger partial charge in [0.1, 0.15) is 6.10 Å². The minimum absolute atomic E-state index is 0.113. The van der Waals surface area contributed by atoms with Crippen LogP contribution in [0.1, 0.15) is 10.6 Å². The lowest BCUT2D eigenvalue weighted by atomic mass is 10.3. The van der Waals surface area contributed by atoms with Gasteiger partial charge >= 0.3 is 0 Å². The Hall–Kier alpha value is -1.82. The third kappa shape index (κ3) is 2.60. The molecule has 6 heteroatoms. The lowest BCUT2D eigenvalue weighted by Gasteiger charge is -2.06. The van der Waals surface area contributed by atoms with E-state index >= 15 is 0 Å². The van der Waals surface area contributed by atoms with Gasteiger partial charge in [-0.05, 0) is 12.1 Å². The fourth-order valence-corrected chi connectivity index (χ4v) is 0.785. The van der Waals surface area contributed by atoms with Crippen LogP contribution in [0.4, 0.5) is 0 Å². The first kappa shape index (κ1) is 10.3. The normalized spacial score (nSPS) is 12.1. The zero-order valence-corrected chi connectivity index (χ0v) is 7.27. The Labute approximate surface area is 79.7 Å². The van der Waals surface area contributed by atoms with Crippen molar-refractivity contribution in [3.63, 3.8) is 0 Å². The molecule has 0 aliphatic carbocycles. The van der Waals surface area contributed by atoms with E-state index in [0.717, 1.165) is 0 Å². The zero-order valence-electron chi connectivity index (χ0n) is 7.27. The quantitative estimate of drug-likeness (QED) is 0.568. The molecule has 14 heavy (non-hydrogen) atoms. The summed E-state index contributed by atoms with van der Waals surface area (Å²) in [5, 5.41) is 11.2. The molecule has 2 amide bonds. The zero-order chi connectivity index (χ0) is 10.6. The molecular formula is C8H10N2O4. The number of furan rings is 1. The molecule has 1 aromatic rings. The van der Waals surface area contributed by atoms with Crippen molar-refractivity contribution in [3.05, 3.63) is 24.2 Å². The van der Waals surface area contributed by atoms with Crippen LogP contribution in [0.15, 0.2) is 22.8 Å². The number of nitrogens with one attached hydrogen (secondary N) is 1. The van der Waals surface area contributed by atoms with E-state index in [1.54, 1.807) is 6.07 Å². The standard InChI is InChI=1S/C8H10N2O4/c9-7(12)5(11)4-10-8(13)6-2-1-3-14-6/h1-3,5,11H,4H2,(H2,9,12)(H,10,13). The number of nitrogens with two attached hydrogens (primary N) is 1. The highest BCUT2D eigenvalue weighted by atomic mass is 16.3. The molecule has 1 unspecified atom stereocenters. The molecule has 0 saturated heterocycles. The number of rotatable bonds is 4. The lowest BCUT2D eigenvalue weighted by molar-refractivity contribution is -0.125. The minimum Gasteiger partial charge on any atom is -0.459 e. The van der Waals surface area contributed by atoms with E-state index in [1.807, 2.05) is 0 Å². The van der Waals surface area contributed by atoms with Crippen LogP contribution in [0.25, 0.3) is 0 Å². The van der Waals surface area contributed by atoms with E-state index < -0.39 is 17.9 Å². The first-order chi connectivity index (χ1) is 6.61. The molecule has 4 N–H and O–H groups in total. The van der Waals surface area contributed by atoms with Crippen LogP contribution in [-0.2, 0) is 4.79 Å². The number of hydrogen-bond donors (Lipinski definition) is 3. The summed E-state index contributed by atoms with van der Waals surface area (Å²) in [5.74, 6) is -1.28. The fraction of sp³-hybridized carbons (Fsp3) is 0.250. The predicted molar refractivity (Wildman–Crippen MR) is 46.2 cm³/mol. The predicted octanol–water partition coefficient (Wildman–Crippen LogP) is -1.14. The van der Waals surface area contributed by atoms with Crippen LogP contribution in [0.3, 0.4) is 0 Å². The summed E-state index contributed by atoms with van der Waals surface area (Å²) >= 11 is 0. The number of aliphatic hydroxyl groups excluding tert-OH is 1. The summed E-state index contributed by atoms with van der Waals surface area (Å²) < 4.78 is 4.78. The number of aliphatic hydroxyl groups is 1. The maximum atomic E-state index is 11.2. The van der Waals surface area contributed by atoms with Crippen molar-refractivity contribution in [1.29, 1.82) is 0 Å². The molecule has 1 rings (SSSR count). The van der Waals surface area contributed by atoms with Crippen molar-refractivity contribution in [1.82, 2.24) is 5.32 Å². The number of carbonyl (C=O) groups is 2. The fourth-order valence-electron chi connectivity index (χ4n) is 0.785. The highest BCUT2D eigenvalue weighted by Gasteiger charge is 2.14. The first-order valence-electron chi connectivity index (χ1n) is 3.90. The Morgan fingerprint density at radius 2 is 2.36 bits per heavy atom. The average molecular weight is 198 g/mol. The van der Waals surface area contributed by atoms with Crippen molar-refractivity contribution >= 4 is 11.8 Å². The molecule has 0 fully saturated rings. The van der Waals surface area contributed by atoms with Gasteiger partial charge in [0.05, 0.1) is 12.8 Å². The van der Waals surface area contributed by atoms with Gasteiger partial charge in [-0.2, -0.15) is 0 Å². The van der Waals surface area contributed by atoms with Gasteiger partial charge in [0, 0.05) is 0 Å². The van der Waals surface area contributed by atoms with E-state index in [-0.39, 0.29) is 12.3 Å². The van der Waals surface area contributed by atoms with Gasteiger partial charge in [-0.15, -0.1) is 0 Å². The summed E-state index contributed by atoms with van der Waals surface area (Å²) in [5.41, 5.74) is 4.78. The van der Waals surface area contributed by atoms with Crippen molar-refractivity contribution in [2.75, 3.05) is 6.54 Å². The van der Waals surface area contributed by atoms with Gasteiger partial charge in [0.2, 0.25) is 5.91 Å². The molecular weight excluding hydrogens is 188 g/mol. The molecule has 6 nitrogen and oxygen atoms in total. The monoisotopic (exact) mass is 198 g/mol. The highest BCUT2D eigenvalue weighted by molar-refractivity contribution is 5.91. The Balaban J connectivity index is 2.40. The molecule has 0 radical (unpaired) electrons. The van der Waals surface area contributed by atoms with Gasteiger partial charge in [0.15, 0.2) is 5.76 Å². The van der Waals surface area contributed by atoms with Crippen LogP contribution in [0.5, 0.6) is 0 Å². The largest absolute Gasteiger partial charge is 0.459 e. The Bertz CT molecular complexity index is 320. The summed E-state index contributed by atoms with van der Waals surface area (Å²) in [6.45, 7) is -0.227. The summed E-state index contributed by atoms with van der Waals surface area (Å²) in [6, 6.07) is 3.02. The molecule has 0 spiro atoms. The Morgan fingerprint density at radius 1 is 1.64 bits per heavy atom. The van der Waals surface area contributed by atoms with E-state index in [0.29, 0.717) is 0 Å². The molecule has 0 saturated carbocycles. The average Bonchev–Trinajstić information content (AvgIpc) is 2.66. The number of carbonyl (C=O) groups excluding carboxylic acids is 2. The minimum atomic E-state index is -1.38. The van der Waals surface area contributed by atoms with E-state index in [1.165, 1.54) is 12.3 Å². The molecule has 0 aliphatic rings. The van der Waals surface area contributed by atoms with Crippen molar-refractivity contribution in [3.8, 4) is 0 Å². The van der Waals surface area contributed by atoms with Crippen LogP contribution in [-0.4, -0.2) is 29.6 Å². The molecule has 0 bridgehead atoms. The summed E-state index contributed by atoms with van der Waals surface area (Å²) in [7, 11) is 0. The highest BCUT2D eigenvalue weighted by Crippen LogP contribution is 1.98. The third-order valence-electron chi connectivity index (χ3n) is 1.53. The number of hydrogen-bond acceptors (Lipinski definition) is 4. The maximum absolute atomic E-state index is 11.2.